The van der Waals surface area contributed by atoms with E-state index in [2.05, 4.69) is 31.0 Å². The fraction of sp³-hybridized carbons (Fsp3) is 0.625. The van der Waals surface area contributed by atoms with Gasteiger partial charge in [0.15, 0.2) is 0 Å². The van der Waals surface area contributed by atoms with Crippen LogP contribution in [0.5, 0.6) is 5.75 Å². The van der Waals surface area contributed by atoms with Gasteiger partial charge in [-0.1, -0.05) is 12.1 Å². The average Bonchev–Trinajstić information content (AvgIpc) is 3.01. The first-order valence-corrected chi connectivity index (χ1v) is 7.22. The molecule has 1 saturated heterocycles. The van der Waals surface area contributed by atoms with Crippen LogP contribution in [0.4, 0.5) is 0 Å². The fourth-order valence-electron chi connectivity index (χ4n) is 2.84. The van der Waals surface area contributed by atoms with E-state index in [-0.39, 0.29) is 5.54 Å². The van der Waals surface area contributed by atoms with E-state index in [0.29, 0.717) is 12.5 Å². The van der Waals surface area contributed by atoms with E-state index in [4.69, 9.17) is 15.2 Å². The smallest absolute Gasteiger partial charge is 0.118 e. The molecule has 112 valence electrons. The van der Waals surface area contributed by atoms with Crippen LogP contribution in [0.25, 0.3) is 0 Å². The Kier molecular flexibility index (Phi) is 5.02. The molecule has 20 heavy (non-hydrogen) atoms. The normalized spacial score (nSPS) is 21.9. The van der Waals surface area contributed by atoms with E-state index < -0.39 is 0 Å². The molecule has 0 aromatic heterocycles. The third kappa shape index (κ3) is 3.14. The van der Waals surface area contributed by atoms with Gasteiger partial charge in [0.05, 0.1) is 13.7 Å². The summed E-state index contributed by atoms with van der Waals surface area (Å²) in [4.78, 5) is 2.36. The lowest BCUT2D eigenvalue weighted by Gasteiger charge is -2.42. The molecule has 2 N–H and O–H groups in total. The van der Waals surface area contributed by atoms with Gasteiger partial charge in [0.2, 0.25) is 0 Å². The minimum Gasteiger partial charge on any atom is -0.497 e. The Morgan fingerprint density at radius 3 is 2.60 bits per heavy atom. The second-order valence-corrected chi connectivity index (χ2v) is 5.83. The van der Waals surface area contributed by atoms with Crippen LogP contribution in [0.3, 0.4) is 0 Å². The second kappa shape index (κ2) is 6.57. The van der Waals surface area contributed by atoms with Crippen molar-refractivity contribution in [1.82, 2.24) is 4.90 Å². The van der Waals surface area contributed by atoms with E-state index in [0.717, 1.165) is 31.9 Å². The van der Waals surface area contributed by atoms with E-state index in [1.165, 1.54) is 5.56 Å². The average molecular weight is 278 g/mol. The van der Waals surface area contributed by atoms with Crippen LogP contribution in [-0.2, 0) is 11.3 Å². The highest BCUT2D eigenvalue weighted by atomic mass is 16.5. The number of nitrogens with zero attached hydrogens (tertiary/aromatic N) is 1. The molecule has 0 radical (unpaired) electrons. The molecule has 0 saturated carbocycles. The van der Waals surface area contributed by atoms with Gasteiger partial charge in [-0.15, -0.1) is 0 Å². The van der Waals surface area contributed by atoms with E-state index in [9.17, 15) is 0 Å². The SMILES string of the molecule is COc1ccc(CN(C)C(C)(CN)C2CCOC2)cc1. The number of rotatable bonds is 6. The van der Waals surface area contributed by atoms with Gasteiger partial charge in [-0.05, 0) is 38.1 Å². The minimum absolute atomic E-state index is 0.0174. The van der Waals surface area contributed by atoms with Gasteiger partial charge in [-0.25, -0.2) is 0 Å². The van der Waals surface area contributed by atoms with Crippen LogP contribution >= 0.6 is 0 Å². The molecule has 2 unspecified atom stereocenters. The number of likely N-dealkylation sites (N-methyl/N-ethyl adjacent to an activating group) is 1. The number of nitrogens with two attached hydrogens (primary N) is 1. The summed E-state index contributed by atoms with van der Waals surface area (Å²) in [5.74, 6) is 1.40. The van der Waals surface area contributed by atoms with Gasteiger partial charge in [0.1, 0.15) is 5.75 Å². The van der Waals surface area contributed by atoms with Crippen LogP contribution in [-0.4, -0.2) is 44.4 Å². The number of ether oxygens (including phenoxy) is 2. The topological polar surface area (TPSA) is 47.7 Å². The maximum atomic E-state index is 6.07. The second-order valence-electron chi connectivity index (χ2n) is 5.83. The van der Waals surface area contributed by atoms with Crippen LogP contribution in [0.2, 0.25) is 0 Å². The maximum absolute atomic E-state index is 6.07. The quantitative estimate of drug-likeness (QED) is 0.863. The van der Waals surface area contributed by atoms with Gasteiger partial charge in [0.25, 0.3) is 0 Å². The van der Waals surface area contributed by atoms with E-state index in [1.54, 1.807) is 7.11 Å². The molecule has 1 aliphatic rings. The van der Waals surface area contributed by atoms with Crippen molar-refractivity contribution in [1.29, 1.82) is 0 Å². The van der Waals surface area contributed by atoms with Crippen molar-refractivity contribution in [2.75, 3.05) is 33.9 Å². The summed E-state index contributed by atoms with van der Waals surface area (Å²) in [5, 5.41) is 0. The van der Waals surface area contributed by atoms with Crippen LogP contribution in [0, 0.1) is 5.92 Å². The first-order valence-electron chi connectivity index (χ1n) is 7.22. The zero-order valence-electron chi connectivity index (χ0n) is 12.8. The predicted molar refractivity (Wildman–Crippen MR) is 80.8 cm³/mol. The van der Waals surface area contributed by atoms with Crippen molar-refractivity contribution >= 4 is 0 Å². The molecule has 2 rings (SSSR count). The zero-order valence-corrected chi connectivity index (χ0v) is 12.8. The first-order chi connectivity index (χ1) is 9.60. The molecule has 4 heteroatoms. The monoisotopic (exact) mass is 278 g/mol. The molecule has 1 fully saturated rings. The van der Waals surface area contributed by atoms with Crippen molar-refractivity contribution in [3.63, 3.8) is 0 Å². The molecular weight excluding hydrogens is 252 g/mol. The Morgan fingerprint density at radius 2 is 2.10 bits per heavy atom. The van der Waals surface area contributed by atoms with Gasteiger partial charge in [0, 0.05) is 31.2 Å². The van der Waals surface area contributed by atoms with E-state index >= 15 is 0 Å². The van der Waals surface area contributed by atoms with Crippen molar-refractivity contribution in [3.8, 4) is 5.75 Å². The Hall–Kier alpha value is -1.10. The first kappa shape index (κ1) is 15.3. The van der Waals surface area contributed by atoms with Gasteiger partial charge in [-0.3, -0.25) is 4.90 Å². The third-order valence-electron chi connectivity index (χ3n) is 4.67. The summed E-state index contributed by atoms with van der Waals surface area (Å²) >= 11 is 0. The molecule has 1 aromatic carbocycles. The van der Waals surface area contributed by atoms with Gasteiger partial charge in [-0.2, -0.15) is 0 Å². The summed E-state index contributed by atoms with van der Waals surface area (Å²) in [6.45, 7) is 5.45. The Morgan fingerprint density at radius 1 is 1.40 bits per heavy atom. The number of benzene rings is 1. The number of hydrogen-bond acceptors (Lipinski definition) is 4. The van der Waals surface area contributed by atoms with Gasteiger partial charge >= 0.3 is 0 Å². The Bertz CT molecular complexity index is 415. The van der Waals surface area contributed by atoms with Crippen LogP contribution < -0.4 is 10.5 Å². The summed E-state index contributed by atoms with van der Waals surface area (Å²) in [7, 11) is 3.84. The standard InChI is InChI=1S/C16H26N2O2/c1-16(12-17,14-8-9-20-11-14)18(2)10-13-4-6-15(19-3)7-5-13/h4-7,14H,8-12,17H2,1-3H3. The van der Waals surface area contributed by atoms with Gasteiger partial charge < -0.3 is 15.2 Å². The third-order valence-corrected chi connectivity index (χ3v) is 4.67. The molecule has 0 amide bonds. The fourth-order valence-corrected chi connectivity index (χ4v) is 2.84. The molecule has 0 aliphatic carbocycles. The van der Waals surface area contributed by atoms with Crippen LogP contribution in [0.1, 0.15) is 18.9 Å². The van der Waals surface area contributed by atoms with Crippen molar-refractivity contribution in [3.05, 3.63) is 29.8 Å². The molecular formula is C16H26N2O2. The highest BCUT2D eigenvalue weighted by molar-refractivity contribution is 5.27. The summed E-state index contributed by atoms with van der Waals surface area (Å²) in [6, 6.07) is 8.22. The predicted octanol–water partition coefficient (Wildman–Crippen LogP) is 1.88. The molecule has 1 heterocycles. The van der Waals surface area contributed by atoms with Crippen molar-refractivity contribution in [2.45, 2.75) is 25.4 Å². The van der Waals surface area contributed by atoms with Crippen molar-refractivity contribution < 1.29 is 9.47 Å². The minimum atomic E-state index is -0.0174. The largest absolute Gasteiger partial charge is 0.497 e. The van der Waals surface area contributed by atoms with Crippen LogP contribution in [0.15, 0.2) is 24.3 Å². The van der Waals surface area contributed by atoms with E-state index in [1.807, 2.05) is 12.1 Å². The number of methoxy groups -OCH3 is 1. The highest BCUT2D eigenvalue weighted by Crippen LogP contribution is 2.31. The Labute approximate surface area is 121 Å². The molecule has 1 aromatic rings. The van der Waals surface area contributed by atoms with Crippen molar-refractivity contribution in [2.24, 2.45) is 11.7 Å². The lowest BCUT2D eigenvalue weighted by molar-refractivity contribution is 0.0609. The summed E-state index contributed by atoms with van der Waals surface area (Å²) < 4.78 is 10.7. The number of hydrogen-bond donors (Lipinski definition) is 1. The molecule has 0 spiro atoms. The molecule has 1 aliphatic heterocycles. The highest BCUT2D eigenvalue weighted by Gasteiger charge is 2.38. The lowest BCUT2D eigenvalue weighted by Crippen LogP contribution is -2.54. The summed E-state index contributed by atoms with van der Waals surface area (Å²) in [6.07, 6.45) is 1.10. The maximum Gasteiger partial charge on any atom is 0.118 e. The molecule has 4 nitrogen and oxygen atoms in total. The molecule has 0 bridgehead atoms. The summed E-state index contributed by atoms with van der Waals surface area (Å²) in [5.41, 5.74) is 7.32. The lowest BCUT2D eigenvalue weighted by atomic mass is 9.83. The molecule has 2 atom stereocenters. The zero-order chi connectivity index (χ0) is 14.6. The Balaban J connectivity index is 2.05.